The fourth-order valence-corrected chi connectivity index (χ4v) is 2.57. The van der Waals surface area contributed by atoms with Gasteiger partial charge in [-0.15, -0.1) is 0 Å². The van der Waals surface area contributed by atoms with E-state index in [-0.39, 0.29) is 18.5 Å². The number of nitrogens with zero attached hydrogens (tertiary/aromatic N) is 1. The molecule has 1 aromatic heterocycles. The maximum atomic E-state index is 12.1. The van der Waals surface area contributed by atoms with Crippen molar-refractivity contribution in [1.82, 2.24) is 9.88 Å². The van der Waals surface area contributed by atoms with Crippen molar-refractivity contribution in [2.24, 2.45) is 5.73 Å². The molecule has 5 nitrogen and oxygen atoms in total. The summed E-state index contributed by atoms with van der Waals surface area (Å²) in [6.07, 6.45) is 1.90. The third-order valence-electron chi connectivity index (χ3n) is 3.28. The standard InChI is InChI=1S/C15H20ClN3O2/c1-10(9-21-2)18-15(20)8-19-7-11(6-17)13-4-3-12(16)5-14(13)19/h3-5,7,10H,6,8-9,17H2,1-2H3,(H,18,20). The second kappa shape index (κ2) is 6.93. The van der Waals surface area contributed by atoms with Crippen molar-refractivity contribution >= 4 is 28.4 Å². The van der Waals surface area contributed by atoms with Crippen LogP contribution in [0.2, 0.25) is 5.02 Å². The molecule has 21 heavy (non-hydrogen) atoms. The first kappa shape index (κ1) is 15.8. The minimum atomic E-state index is -0.0694. The van der Waals surface area contributed by atoms with E-state index in [2.05, 4.69) is 5.32 Å². The summed E-state index contributed by atoms with van der Waals surface area (Å²) < 4.78 is 6.88. The molecule has 0 bridgehead atoms. The third kappa shape index (κ3) is 3.75. The lowest BCUT2D eigenvalue weighted by Gasteiger charge is -2.13. The molecule has 1 unspecified atom stereocenters. The lowest BCUT2D eigenvalue weighted by Crippen LogP contribution is -2.37. The molecule has 1 atom stereocenters. The van der Waals surface area contributed by atoms with Crippen LogP contribution < -0.4 is 11.1 Å². The summed E-state index contributed by atoms with van der Waals surface area (Å²) in [5.74, 6) is -0.0694. The van der Waals surface area contributed by atoms with Gasteiger partial charge >= 0.3 is 0 Å². The van der Waals surface area contributed by atoms with Crippen LogP contribution in [-0.2, 0) is 22.6 Å². The number of aromatic nitrogens is 1. The molecule has 114 valence electrons. The van der Waals surface area contributed by atoms with Crippen LogP contribution in [0.1, 0.15) is 12.5 Å². The molecule has 0 aliphatic carbocycles. The van der Waals surface area contributed by atoms with Crippen LogP contribution in [-0.4, -0.2) is 30.2 Å². The normalized spacial score (nSPS) is 12.6. The van der Waals surface area contributed by atoms with E-state index in [0.717, 1.165) is 16.5 Å². The minimum Gasteiger partial charge on any atom is -0.383 e. The molecule has 1 amide bonds. The molecular weight excluding hydrogens is 290 g/mol. The highest BCUT2D eigenvalue weighted by Crippen LogP contribution is 2.24. The van der Waals surface area contributed by atoms with Gasteiger partial charge in [-0.3, -0.25) is 4.79 Å². The Morgan fingerprint density at radius 2 is 2.29 bits per heavy atom. The van der Waals surface area contributed by atoms with Gasteiger partial charge in [0.15, 0.2) is 0 Å². The summed E-state index contributed by atoms with van der Waals surface area (Å²) in [5, 5.41) is 4.55. The number of hydrogen-bond acceptors (Lipinski definition) is 3. The second-order valence-corrected chi connectivity index (χ2v) is 5.51. The first-order valence-electron chi connectivity index (χ1n) is 6.80. The Morgan fingerprint density at radius 1 is 1.52 bits per heavy atom. The van der Waals surface area contributed by atoms with Crippen molar-refractivity contribution in [2.45, 2.75) is 26.1 Å². The Morgan fingerprint density at radius 3 is 2.95 bits per heavy atom. The smallest absolute Gasteiger partial charge is 0.240 e. The fraction of sp³-hybridized carbons (Fsp3) is 0.400. The quantitative estimate of drug-likeness (QED) is 0.856. The Labute approximate surface area is 129 Å². The molecular formula is C15H20ClN3O2. The highest BCUT2D eigenvalue weighted by atomic mass is 35.5. The van der Waals surface area contributed by atoms with E-state index in [1.165, 1.54) is 0 Å². The second-order valence-electron chi connectivity index (χ2n) is 5.07. The molecule has 6 heteroatoms. The molecule has 1 heterocycles. The summed E-state index contributed by atoms with van der Waals surface area (Å²) in [6, 6.07) is 5.58. The predicted molar refractivity (Wildman–Crippen MR) is 84.3 cm³/mol. The number of halogens is 1. The molecule has 0 aliphatic rings. The first-order valence-corrected chi connectivity index (χ1v) is 7.18. The number of carbonyl (C=O) groups is 1. The van der Waals surface area contributed by atoms with Gasteiger partial charge in [0.2, 0.25) is 5.91 Å². The third-order valence-corrected chi connectivity index (χ3v) is 3.52. The van der Waals surface area contributed by atoms with Crippen molar-refractivity contribution in [3.63, 3.8) is 0 Å². The summed E-state index contributed by atoms with van der Waals surface area (Å²) in [5.41, 5.74) is 7.67. The van der Waals surface area contributed by atoms with Gasteiger partial charge in [0.1, 0.15) is 6.54 Å². The number of fused-ring (bicyclic) bond motifs is 1. The molecule has 0 saturated heterocycles. The van der Waals surface area contributed by atoms with Gasteiger partial charge in [-0.1, -0.05) is 17.7 Å². The predicted octanol–water partition coefficient (Wildman–Crippen LogP) is 1.90. The van der Waals surface area contributed by atoms with E-state index in [0.29, 0.717) is 18.2 Å². The lowest BCUT2D eigenvalue weighted by molar-refractivity contribution is -0.122. The zero-order valence-electron chi connectivity index (χ0n) is 12.2. The van der Waals surface area contributed by atoms with E-state index in [1.807, 2.05) is 35.9 Å². The lowest BCUT2D eigenvalue weighted by atomic mass is 10.2. The number of hydrogen-bond donors (Lipinski definition) is 2. The van der Waals surface area contributed by atoms with E-state index in [4.69, 9.17) is 22.1 Å². The molecule has 2 aromatic rings. The van der Waals surface area contributed by atoms with E-state index in [9.17, 15) is 4.79 Å². The topological polar surface area (TPSA) is 69.3 Å². The molecule has 0 radical (unpaired) electrons. The SMILES string of the molecule is COCC(C)NC(=O)Cn1cc(CN)c2ccc(Cl)cc21. The van der Waals surface area contributed by atoms with Gasteiger partial charge in [-0.05, 0) is 24.6 Å². The van der Waals surface area contributed by atoms with Gasteiger partial charge < -0.3 is 20.4 Å². The number of ether oxygens (including phenoxy) is 1. The largest absolute Gasteiger partial charge is 0.383 e. The molecule has 0 aliphatic heterocycles. The Balaban J connectivity index is 2.21. The summed E-state index contributed by atoms with van der Waals surface area (Å²) in [6.45, 7) is 3.03. The maximum absolute atomic E-state index is 12.1. The monoisotopic (exact) mass is 309 g/mol. The van der Waals surface area contributed by atoms with Gasteiger partial charge in [0, 0.05) is 36.3 Å². The van der Waals surface area contributed by atoms with Gasteiger partial charge in [-0.2, -0.15) is 0 Å². The van der Waals surface area contributed by atoms with Crippen LogP contribution >= 0.6 is 11.6 Å². The van der Waals surface area contributed by atoms with E-state index >= 15 is 0 Å². The van der Waals surface area contributed by atoms with Crippen LogP contribution in [0.4, 0.5) is 0 Å². The fourth-order valence-electron chi connectivity index (χ4n) is 2.40. The van der Waals surface area contributed by atoms with Gasteiger partial charge in [0.05, 0.1) is 12.1 Å². The van der Waals surface area contributed by atoms with E-state index < -0.39 is 0 Å². The summed E-state index contributed by atoms with van der Waals surface area (Å²) in [7, 11) is 1.61. The van der Waals surface area contributed by atoms with Crippen molar-refractivity contribution in [1.29, 1.82) is 0 Å². The number of carbonyl (C=O) groups excluding carboxylic acids is 1. The van der Waals surface area contributed by atoms with Crippen molar-refractivity contribution < 1.29 is 9.53 Å². The number of amides is 1. The molecule has 0 saturated carbocycles. The molecule has 0 spiro atoms. The molecule has 1 aromatic carbocycles. The molecule has 0 fully saturated rings. The molecule has 3 N–H and O–H groups in total. The zero-order chi connectivity index (χ0) is 15.4. The summed E-state index contributed by atoms with van der Waals surface area (Å²) >= 11 is 6.04. The average Bonchev–Trinajstić information content (AvgIpc) is 2.76. The van der Waals surface area contributed by atoms with Crippen molar-refractivity contribution in [3.8, 4) is 0 Å². The van der Waals surface area contributed by atoms with Crippen LogP contribution in [0.25, 0.3) is 10.9 Å². The van der Waals surface area contributed by atoms with Gasteiger partial charge in [0.25, 0.3) is 0 Å². The van der Waals surface area contributed by atoms with Crippen LogP contribution in [0.15, 0.2) is 24.4 Å². The van der Waals surface area contributed by atoms with Crippen LogP contribution in [0.3, 0.4) is 0 Å². The highest BCUT2D eigenvalue weighted by molar-refractivity contribution is 6.31. The Hall–Kier alpha value is -1.56. The van der Waals surface area contributed by atoms with Crippen LogP contribution in [0.5, 0.6) is 0 Å². The Kier molecular flexibility index (Phi) is 5.22. The summed E-state index contributed by atoms with van der Waals surface area (Å²) in [4.78, 5) is 12.1. The molecule has 2 rings (SSSR count). The Bertz CT molecular complexity index is 639. The number of benzene rings is 1. The average molecular weight is 310 g/mol. The van der Waals surface area contributed by atoms with E-state index in [1.54, 1.807) is 7.11 Å². The number of nitrogens with one attached hydrogen (secondary N) is 1. The minimum absolute atomic E-state index is 0.0260. The zero-order valence-corrected chi connectivity index (χ0v) is 13.0. The maximum Gasteiger partial charge on any atom is 0.240 e. The van der Waals surface area contributed by atoms with Gasteiger partial charge in [-0.25, -0.2) is 0 Å². The number of methoxy groups -OCH3 is 1. The van der Waals surface area contributed by atoms with Crippen LogP contribution in [0, 0.1) is 0 Å². The number of rotatable bonds is 6. The number of nitrogens with two attached hydrogens (primary N) is 1. The van der Waals surface area contributed by atoms with Crippen molar-refractivity contribution in [3.05, 3.63) is 35.0 Å². The highest BCUT2D eigenvalue weighted by Gasteiger charge is 2.12. The first-order chi connectivity index (χ1) is 10.0. The van der Waals surface area contributed by atoms with Crippen molar-refractivity contribution in [2.75, 3.05) is 13.7 Å².